The molecular formula is C46H24N4O4. The Bertz CT molecular complexity index is 2940. The van der Waals surface area contributed by atoms with Crippen LogP contribution in [0.2, 0.25) is 0 Å². The third-order valence-electron chi connectivity index (χ3n) is 10.0. The van der Waals surface area contributed by atoms with Gasteiger partial charge in [-0.25, -0.2) is 19.9 Å². The summed E-state index contributed by atoms with van der Waals surface area (Å²) in [5.74, 6) is 0. The number of hydrogen-bond donors (Lipinski definition) is 0. The van der Waals surface area contributed by atoms with E-state index >= 15 is 0 Å². The number of fused-ring (bicyclic) bond motifs is 5. The molecular weight excluding hydrogens is 673 g/mol. The fraction of sp³-hybridized carbons (Fsp3) is 0. The monoisotopic (exact) mass is 696 g/mol. The van der Waals surface area contributed by atoms with Crippen molar-refractivity contribution in [1.82, 2.24) is 19.9 Å². The number of rotatable bonds is 4. The maximum Gasteiger partial charge on any atom is 0.215 e. The van der Waals surface area contributed by atoms with Crippen molar-refractivity contribution in [2.45, 2.75) is 0 Å². The van der Waals surface area contributed by atoms with E-state index in [0.29, 0.717) is 22.3 Å². The van der Waals surface area contributed by atoms with Crippen LogP contribution in [0.1, 0.15) is 0 Å². The Hall–Kier alpha value is -7.58. The lowest BCUT2D eigenvalue weighted by Gasteiger charge is -2.13. The Kier molecular flexibility index (Phi) is 6.93. The zero-order chi connectivity index (χ0) is 36.5. The maximum atomic E-state index is 14.6. The predicted octanol–water partition coefficient (Wildman–Crippen LogP) is 8.02. The van der Waals surface area contributed by atoms with Crippen molar-refractivity contribution in [2.75, 3.05) is 0 Å². The lowest BCUT2D eigenvalue weighted by atomic mass is 9.91. The molecule has 0 N–H and O–H groups in total. The second-order valence-electron chi connectivity index (χ2n) is 13.1. The molecule has 10 rings (SSSR count). The molecule has 252 valence electrons. The highest BCUT2D eigenvalue weighted by molar-refractivity contribution is 6.11. The molecule has 0 amide bonds. The molecule has 0 saturated carbocycles. The van der Waals surface area contributed by atoms with Gasteiger partial charge in [0.2, 0.25) is 21.7 Å². The first-order valence-corrected chi connectivity index (χ1v) is 17.3. The van der Waals surface area contributed by atoms with Gasteiger partial charge in [0.15, 0.2) is 11.3 Å². The molecule has 8 heteroatoms. The topological polar surface area (TPSA) is 120 Å². The fourth-order valence-corrected chi connectivity index (χ4v) is 7.57. The normalized spacial score (nSPS) is 11.6. The molecule has 2 heterocycles. The van der Waals surface area contributed by atoms with Crippen LogP contribution in [0.15, 0.2) is 165 Å². The quantitative estimate of drug-likeness (QED) is 0.170. The average Bonchev–Trinajstić information content (AvgIpc) is 3.24. The van der Waals surface area contributed by atoms with Crippen LogP contribution >= 0.6 is 0 Å². The molecule has 0 atom stereocenters. The van der Waals surface area contributed by atoms with E-state index in [9.17, 15) is 19.2 Å². The number of nitrogens with zero attached hydrogens (tertiary/aromatic N) is 4. The largest absolute Gasteiger partial charge is 0.287 e. The summed E-state index contributed by atoms with van der Waals surface area (Å²) in [6.07, 6.45) is 0. The van der Waals surface area contributed by atoms with Gasteiger partial charge in [0.1, 0.15) is 22.1 Å². The molecule has 0 aliphatic carbocycles. The predicted molar refractivity (Wildman–Crippen MR) is 214 cm³/mol. The molecule has 8 nitrogen and oxygen atoms in total. The molecule has 0 aliphatic heterocycles. The molecule has 0 saturated heterocycles. The summed E-state index contributed by atoms with van der Waals surface area (Å²) in [7, 11) is 0. The van der Waals surface area contributed by atoms with E-state index in [1.165, 1.54) is 0 Å². The van der Waals surface area contributed by atoms with Crippen LogP contribution in [-0.4, -0.2) is 19.9 Å². The summed E-state index contributed by atoms with van der Waals surface area (Å²) in [5, 5.41) is 0.836. The van der Waals surface area contributed by atoms with Crippen molar-refractivity contribution in [3.8, 4) is 44.5 Å². The van der Waals surface area contributed by atoms with Crippen molar-refractivity contribution >= 4 is 54.9 Å². The standard InChI is InChI=1S/C46H24N4O4/c51-41-33-29(25-13-5-1-6-14-25)21-22-30(26-15-7-2-8-16-26)34(33)42(52)38-37(41)47-45-46(48-38)50-40-39(49-45)43(53)35-31(27-17-9-3-10-18-27)23-24-32(36(35)44(40)54)28-19-11-4-12-20-28/h1-24H. The van der Waals surface area contributed by atoms with Gasteiger partial charge >= 0.3 is 0 Å². The van der Waals surface area contributed by atoms with Crippen LogP contribution in [0, 0.1) is 0 Å². The van der Waals surface area contributed by atoms with Crippen LogP contribution < -0.4 is 21.7 Å². The molecule has 8 aromatic carbocycles. The molecule has 0 radical (unpaired) electrons. The van der Waals surface area contributed by atoms with Crippen LogP contribution in [0.4, 0.5) is 0 Å². The van der Waals surface area contributed by atoms with E-state index in [2.05, 4.69) is 19.9 Å². The summed E-state index contributed by atoms with van der Waals surface area (Å²) in [6.45, 7) is 0. The fourth-order valence-electron chi connectivity index (χ4n) is 7.57. The van der Waals surface area contributed by atoms with Gasteiger partial charge in [-0.05, 0) is 44.5 Å². The van der Waals surface area contributed by atoms with Crippen molar-refractivity contribution in [2.24, 2.45) is 0 Å². The van der Waals surface area contributed by atoms with Crippen LogP contribution in [0.5, 0.6) is 0 Å². The molecule has 0 unspecified atom stereocenters. The van der Waals surface area contributed by atoms with Crippen LogP contribution in [-0.2, 0) is 0 Å². The summed E-state index contributed by atoms with van der Waals surface area (Å²) in [4.78, 5) is 76.7. The first-order valence-electron chi connectivity index (χ1n) is 17.3. The van der Waals surface area contributed by atoms with E-state index in [-0.39, 0.29) is 54.9 Å². The van der Waals surface area contributed by atoms with Gasteiger partial charge in [-0.3, -0.25) is 19.2 Å². The average molecular weight is 697 g/mol. The van der Waals surface area contributed by atoms with Crippen molar-refractivity contribution in [3.63, 3.8) is 0 Å². The van der Waals surface area contributed by atoms with Gasteiger partial charge in [-0.1, -0.05) is 146 Å². The molecule has 0 aliphatic rings. The highest BCUT2D eigenvalue weighted by Gasteiger charge is 2.24. The molecule has 2 aromatic heterocycles. The lowest BCUT2D eigenvalue weighted by molar-refractivity contribution is 1.24. The van der Waals surface area contributed by atoms with Gasteiger partial charge in [-0.15, -0.1) is 0 Å². The Morgan fingerprint density at radius 3 is 0.667 bits per heavy atom. The van der Waals surface area contributed by atoms with Crippen LogP contribution in [0.3, 0.4) is 0 Å². The minimum absolute atomic E-state index is 0.123. The van der Waals surface area contributed by atoms with Crippen molar-refractivity contribution in [3.05, 3.63) is 186 Å². The Labute approximate surface area is 305 Å². The number of aromatic nitrogens is 4. The minimum Gasteiger partial charge on any atom is -0.287 e. The smallest absolute Gasteiger partial charge is 0.215 e. The summed E-state index contributed by atoms with van der Waals surface area (Å²) < 4.78 is 0. The van der Waals surface area contributed by atoms with E-state index in [1.807, 2.05) is 146 Å². The van der Waals surface area contributed by atoms with E-state index in [0.717, 1.165) is 22.3 Å². The highest BCUT2D eigenvalue weighted by atomic mass is 16.1. The molecule has 0 spiro atoms. The van der Waals surface area contributed by atoms with Gasteiger partial charge in [-0.2, -0.15) is 0 Å². The minimum atomic E-state index is -0.503. The van der Waals surface area contributed by atoms with Gasteiger partial charge in [0.05, 0.1) is 0 Å². The Balaban J connectivity index is 1.33. The zero-order valence-corrected chi connectivity index (χ0v) is 28.3. The third-order valence-corrected chi connectivity index (χ3v) is 10.0. The molecule has 0 bridgehead atoms. The zero-order valence-electron chi connectivity index (χ0n) is 28.3. The maximum absolute atomic E-state index is 14.6. The first kappa shape index (κ1) is 31.2. The Morgan fingerprint density at radius 1 is 0.259 bits per heavy atom. The first-order chi connectivity index (χ1) is 26.5. The third kappa shape index (κ3) is 4.63. The summed E-state index contributed by atoms with van der Waals surface area (Å²) in [5.41, 5.74) is 2.31. The SMILES string of the molecule is O=c1c2nc3nc4c(=O)c5c(-c6ccccc6)ccc(-c6ccccc6)c5c(=O)c4nc3nc2c(=O)c2c(-c3ccccc3)ccc(-c3ccccc3)c12. The molecule has 54 heavy (non-hydrogen) atoms. The van der Waals surface area contributed by atoms with E-state index in [1.54, 1.807) is 0 Å². The van der Waals surface area contributed by atoms with Gasteiger partial charge in [0.25, 0.3) is 0 Å². The van der Waals surface area contributed by atoms with Crippen molar-refractivity contribution in [1.29, 1.82) is 0 Å². The summed E-state index contributed by atoms with van der Waals surface area (Å²) in [6, 6.07) is 44.8. The van der Waals surface area contributed by atoms with E-state index < -0.39 is 21.7 Å². The Morgan fingerprint density at radius 2 is 0.463 bits per heavy atom. The highest BCUT2D eigenvalue weighted by Crippen LogP contribution is 2.35. The van der Waals surface area contributed by atoms with Crippen molar-refractivity contribution < 1.29 is 0 Å². The molecule has 0 fully saturated rings. The van der Waals surface area contributed by atoms with Crippen LogP contribution in [0.25, 0.3) is 99.4 Å². The van der Waals surface area contributed by atoms with E-state index in [4.69, 9.17) is 0 Å². The second kappa shape index (κ2) is 12.0. The lowest BCUT2D eigenvalue weighted by Crippen LogP contribution is -2.20. The van der Waals surface area contributed by atoms with Gasteiger partial charge in [0, 0.05) is 21.5 Å². The summed E-state index contributed by atoms with van der Waals surface area (Å²) >= 11 is 0. The number of hydrogen-bond acceptors (Lipinski definition) is 8. The van der Waals surface area contributed by atoms with Gasteiger partial charge < -0.3 is 0 Å². The second-order valence-corrected chi connectivity index (χ2v) is 13.1. The number of benzene rings is 8. The molecule has 10 aromatic rings.